The second-order valence-corrected chi connectivity index (χ2v) is 3.97. The van der Waals surface area contributed by atoms with Crippen molar-refractivity contribution in [1.82, 2.24) is 0 Å². The number of hydrogen-bond acceptors (Lipinski definition) is 2. The van der Waals surface area contributed by atoms with Gasteiger partial charge in [-0.2, -0.15) is 0 Å². The van der Waals surface area contributed by atoms with Gasteiger partial charge in [-0.1, -0.05) is 25.1 Å². The summed E-state index contributed by atoms with van der Waals surface area (Å²) in [6.07, 6.45) is 0.163. The van der Waals surface area contributed by atoms with Crippen LogP contribution in [-0.4, -0.2) is 18.3 Å². The molecule has 1 aromatic rings. The monoisotopic (exact) mass is 208 g/mol. The molecule has 1 rings (SSSR count). The summed E-state index contributed by atoms with van der Waals surface area (Å²) >= 11 is 0. The fourth-order valence-electron chi connectivity index (χ4n) is 1.68. The smallest absolute Gasteiger partial charge is 0.105 e. The van der Waals surface area contributed by atoms with Crippen molar-refractivity contribution < 1.29 is 9.84 Å². The second kappa shape index (κ2) is 5.29. The third kappa shape index (κ3) is 2.80. The van der Waals surface area contributed by atoms with Crippen molar-refractivity contribution in [3.05, 3.63) is 34.9 Å². The quantitative estimate of drug-likeness (QED) is 0.824. The van der Waals surface area contributed by atoms with Crippen molar-refractivity contribution in [2.24, 2.45) is 0 Å². The standard InChI is InChI=1S/C13H20O2/c1-5-12(15-4)13(14)11-7-6-9(2)10(3)8-11/h6-8,12-14H,5H2,1-4H3. The molecule has 2 heteroatoms. The molecular formula is C13H20O2. The van der Waals surface area contributed by atoms with E-state index in [0.717, 1.165) is 12.0 Å². The summed E-state index contributed by atoms with van der Waals surface area (Å²) in [5.41, 5.74) is 3.39. The van der Waals surface area contributed by atoms with E-state index in [1.807, 2.05) is 25.1 Å². The van der Waals surface area contributed by atoms with Crippen molar-refractivity contribution in [3.63, 3.8) is 0 Å². The first kappa shape index (κ1) is 12.2. The number of methoxy groups -OCH3 is 1. The Morgan fingerprint density at radius 2 is 1.93 bits per heavy atom. The van der Waals surface area contributed by atoms with Crippen LogP contribution in [0, 0.1) is 13.8 Å². The molecule has 0 bridgehead atoms. The molecule has 0 saturated carbocycles. The molecule has 0 spiro atoms. The van der Waals surface area contributed by atoms with Gasteiger partial charge in [0.2, 0.25) is 0 Å². The third-order valence-electron chi connectivity index (χ3n) is 2.93. The van der Waals surface area contributed by atoms with Crippen LogP contribution in [0.1, 0.15) is 36.1 Å². The molecule has 0 saturated heterocycles. The Morgan fingerprint density at radius 1 is 1.27 bits per heavy atom. The van der Waals surface area contributed by atoms with Gasteiger partial charge in [-0.15, -0.1) is 0 Å². The highest BCUT2D eigenvalue weighted by molar-refractivity contribution is 5.31. The largest absolute Gasteiger partial charge is 0.386 e. The fourth-order valence-corrected chi connectivity index (χ4v) is 1.68. The molecule has 0 aliphatic heterocycles. The maximum atomic E-state index is 10.1. The zero-order valence-electron chi connectivity index (χ0n) is 9.95. The molecule has 2 atom stereocenters. The van der Waals surface area contributed by atoms with Crippen molar-refractivity contribution in [1.29, 1.82) is 0 Å². The second-order valence-electron chi connectivity index (χ2n) is 3.97. The minimum Gasteiger partial charge on any atom is -0.386 e. The third-order valence-corrected chi connectivity index (χ3v) is 2.93. The molecule has 2 nitrogen and oxygen atoms in total. The summed E-state index contributed by atoms with van der Waals surface area (Å²) in [5.74, 6) is 0. The van der Waals surface area contributed by atoms with Crippen molar-refractivity contribution in [2.75, 3.05) is 7.11 Å². The Labute approximate surface area is 91.9 Å². The molecule has 2 unspecified atom stereocenters. The normalized spacial score (nSPS) is 15.0. The van der Waals surface area contributed by atoms with Crippen LogP contribution >= 0.6 is 0 Å². The summed E-state index contributed by atoms with van der Waals surface area (Å²) in [7, 11) is 1.64. The number of ether oxygens (including phenoxy) is 1. The molecular weight excluding hydrogens is 188 g/mol. The van der Waals surface area contributed by atoms with Gasteiger partial charge in [-0.05, 0) is 37.0 Å². The van der Waals surface area contributed by atoms with Crippen LogP contribution < -0.4 is 0 Å². The first-order chi connectivity index (χ1) is 7.10. The molecule has 1 N–H and O–H groups in total. The zero-order valence-corrected chi connectivity index (χ0v) is 9.95. The lowest BCUT2D eigenvalue weighted by molar-refractivity contribution is -0.0148. The molecule has 15 heavy (non-hydrogen) atoms. The number of aliphatic hydroxyl groups excluding tert-OH is 1. The molecule has 0 radical (unpaired) electrons. The Bertz CT molecular complexity index is 316. The van der Waals surface area contributed by atoms with E-state index < -0.39 is 6.10 Å². The van der Waals surface area contributed by atoms with Crippen LogP contribution in [0.15, 0.2) is 18.2 Å². The average molecular weight is 208 g/mol. The van der Waals surface area contributed by atoms with Gasteiger partial charge >= 0.3 is 0 Å². The van der Waals surface area contributed by atoms with Crippen LogP contribution in [0.25, 0.3) is 0 Å². The average Bonchev–Trinajstić information content (AvgIpc) is 2.23. The number of benzene rings is 1. The lowest BCUT2D eigenvalue weighted by Gasteiger charge is -2.21. The Kier molecular flexibility index (Phi) is 4.30. The number of aryl methyl sites for hydroxylation is 2. The molecule has 0 aliphatic carbocycles. The number of hydrogen-bond donors (Lipinski definition) is 1. The first-order valence-corrected chi connectivity index (χ1v) is 5.38. The highest BCUT2D eigenvalue weighted by Crippen LogP contribution is 2.22. The van der Waals surface area contributed by atoms with Gasteiger partial charge in [-0.25, -0.2) is 0 Å². The molecule has 0 amide bonds. The van der Waals surface area contributed by atoms with E-state index in [1.165, 1.54) is 11.1 Å². The Balaban J connectivity index is 2.90. The van der Waals surface area contributed by atoms with Gasteiger partial charge in [0.1, 0.15) is 6.10 Å². The Morgan fingerprint density at radius 3 is 2.40 bits per heavy atom. The fraction of sp³-hybridized carbons (Fsp3) is 0.538. The topological polar surface area (TPSA) is 29.5 Å². The van der Waals surface area contributed by atoms with Crippen LogP contribution in [0.2, 0.25) is 0 Å². The number of rotatable bonds is 4. The van der Waals surface area contributed by atoms with Crippen LogP contribution in [-0.2, 0) is 4.74 Å². The van der Waals surface area contributed by atoms with E-state index in [4.69, 9.17) is 4.74 Å². The lowest BCUT2D eigenvalue weighted by atomic mass is 9.98. The molecule has 0 aliphatic rings. The highest BCUT2D eigenvalue weighted by atomic mass is 16.5. The summed E-state index contributed by atoms with van der Waals surface area (Å²) < 4.78 is 5.24. The van der Waals surface area contributed by atoms with E-state index >= 15 is 0 Å². The maximum Gasteiger partial charge on any atom is 0.105 e. The zero-order chi connectivity index (χ0) is 11.4. The van der Waals surface area contributed by atoms with Gasteiger partial charge in [0.15, 0.2) is 0 Å². The van der Waals surface area contributed by atoms with Crippen molar-refractivity contribution >= 4 is 0 Å². The van der Waals surface area contributed by atoms with Gasteiger partial charge in [0.05, 0.1) is 6.10 Å². The molecule has 0 heterocycles. The lowest BCUT2D eigenvalue weighted by Crippen LogP contribution is -2.19. The SMILES string of the molecule is CCC(OC)C(O)c1ccc(C)c(C)c1. The van der Waals surface area contributed by atoms with Crippen LogP contribution in [0.5, 0.6) is 0 Å². The van der Waals surface area contributed by atoms with Crippen LogP contribution in [0.3, 0.4) is 0 Å². The van der Waals surface area contributed by atoms with Crippen molar-refractivity contribution in [2.45, 2.75) is 39.4 Å². The van der Waals surface area contributed by atoms with E-state index in [2.05, 4.69) is 13.8 Å². The van der Waals surface area contributed by atoms with Crippen LogP contribution in [0.4, 0.5) is 0 Å². The van der Waals surface area contributed by atoms with E-state index in [0.29, 0.717) is 0 Å². The number of aliphatic hydroxyl groups is 1. The van der Waals surface area contributed by atoms with Gasteiger partial charge in [0, 0.05) is 7.11 Å². The van der Waals surface area contributed by atoms with E-state index in [1.54, 1.807) is 7.11 Å². The summed E-state index contributed by atoms with van der Waals surface area (Å²) in [4.78, 5) is 0. The first-order valence-electron chi connectivity index (χ1n) is 5.38. The van der Waals surface area contributed by atoms with E-state index in [-0.39, 0.29) is 6.10 Å². The molecule has 84 valence electrons. The van der Waals surface area contributed by atoms with Gasteiger partial charge in [-0.3, -0.25) is 0 Å². The van der Waals surface area contributed by atoms with Crippen molar-refractivity contribution in [3.8, 4) is 0 Å². The van der Waals surface area contributed by atoms with Gasteiger partial charge < -0.3 is 9.84 Å². The predicted octanol–water partition coefficient (Wildman–Crippen LogP) is 2.76. The summed E-state index contributed by atoms with van der Waals surface area (Å²) in [6.45, 7) is 6.14. The molecule has 1 aromatic carbocycles. The maximum absolute atomic E-state index is 10.1. The predicted molar refractivity (Wildman–Crippen MR) is 62.0 cm³/mol. The molecule has 0 fully saturated rings. The summed E-state index contributed by atoms with van der Waals surface area (Å²) in [5, 5.41) is 10.1. The summed E-state index contributed by atoms with van der Waals surface area (Å²) in [6, 6.07) is 6.03. The minimum absolute atomic E-state index is 0.118. The minimum atomic E-state index is -0.528. The van der Waals surface area contributed by atoms with Gasteiger partial charge in [0.25, 0.3) is 0 Å². The van der Waals surface area contributed by atoms with E-state index in [9.17, 15) is 5.11 Å². The highest BCUT2D eigenvalue weighted by Gasteiger charge is 2.18. The Hall–Kier alpha value is -0.860. The molecule has 0 aromatic heterocycles.